The number of aryl methyl sites for hydroxylation is 1. The Balaban J connectivity index is 2.01. The second kappa shape index (κ2) is 5.68. The van der Waals surface area contributed by atoms with Crippen molar-refractivity contribution in [2.75, 3.05) is 6.54 Å². The molecule has 2 heterocycles. The smallest absolute Gasteiger partial charge is 0.261 e. The summed E-state index contributed by atoms with van der Waals surface area (Å²) in [5, 5.41) is -0.0530. The van der Waals surface area contributed by atoms with Gasteiger partial charge in [-0.05, 0) is 24.1 Å². The average molecular weight is 301 g/mol. The molecule has 0 unspecified atom stereocenters. The van der Waals surface area contributed by atoms with Crippen molar-refractivity contribution in [1.82, 2.24) is 19.3 Å². The molecule has 0 spiro atoms. The number of pyridine rings is 1. The number of hydrogen-bond acceptors (Lipinski definition) is 4. The number of nitrogens with one attached hydrogen (secondary N) is 1. The third-order valence-electron chi connectivity index (χ3n) is 2.54. The zero-order chi connectivity index (χ0) is 13.9. The van der Waals surface area contributed by atoms with Crippen molar-refractivity contribution in [2.45, 2.75) is 11.4 Å². The fourth-order valence-electron chi connectivity index (χ4n) is 1.52. The normalized spacial score (nSPS) is 11.7. The maximum atomic E-state index is 12.0. The summed E-state index contributed by atoms with van der Waals surface area (Å²) < 4.78 is 27.9. The summed E-state index contributed by atoms with van der Waals surface area (Å²) in [5.74, 6) is 0. The van der Waals surface area contributed by atoms with Crippen LogP contribution in [0.25, 0.3) is 0 Å². The summed E-state index contributed by atoms with van der Waals surface area (Å²) in [6, 6.07) is 3.67. The molecule has 0 amide bonds. The Labute approximate surface area is 116 Å². The molecular weight excluding hydrogens is 288 g/mol. The molecule has 0 saturated heterocycles. The number of rotatable bonds is 5. The summed E-state index contributed by atoms with van der Waals surface area (Å²) in [6.07, 6.45) is 5.27. The van der Waals surface area contributed by atoms with Crippen molar-refractivity contribution in [2.24, 2.45) is 7.05 Å². The number of halogens is 1. The lowest BCUT2D eigenvalue weighted by Crippen LogP contribution is -2.26. The van der Waals surface area contributed by atoms with E-state index in [1.807, 2.05) is 12.1 Å². The minimum absolute atomic E-state index is 0.0939. The fourth-order valence-corrected chi connectivity index (χ4v) is 2.98. The van der Waals surface area contributed by atoms with Crippen molar-refractivity contribution in [3.8, 4) is 0 Å². The van der Waals surface area contributed by atoms with Gasteiger partial charge in [-0.1, -0.05) is 11.6 Å². The summed E-state index contributed by atoms with van der Waals surface area (Å²) >= 11 is 5.86. The van der Waals surface area contributed by atoms with Crippen LogP contribution in [0.5, 0.6) is 0 Å². The second-order valence-electron chi connectivity index (χ2n) is 3.95. The molecule has 1 N–H and O–H groups in total. The van der Waals surface area contributed by atoms with Gasteiger partial charge in [0.25, 0.3) is 10.0 Å². The fraction of sp³-hybridized carbons (Fsp3) is 0.273. The quantitative estimate of drug-likeness (QED) is 0.893. The molecule has 8 heteroatoms. The van der Waals surface area contributed by atoms with Gasteiger partial charge in [-0.3, -0.25) is 4.98 Å². The topological polar surface area (TPSA) is 76.9 Å². The monoisotopic (exact) mass is 300 g/mol. The van der Waals surface area contributed by atoms with Crippen molar-refractivity contribution in [3.63, 3.8) is 0 Å². The SMILES string of the molecule is Cn1cnc(S(=O)(=O)NCCc2ccncc2)c1Cl. The first-order chi connectivity index (χ1) is 9.00. The van der Waals surface area contributed by atoms with Gasteiger partial charge in [0.2, 0.25) is 5.03 Å². The van der Waals surface area contributed by atoms with Crippen LogP contribution in [0.4, 0.5) is 0 Å². The first kappa shape index (κ1) is 14.0. The van der Waals surface area contributed by atoms with Crippen LogP contribution in [0, 0.1) is 0 Å². The van der Waals surface area contributed by atoms with Gasteiger partial charge in [-0.2, -0.15) is 0 Å². The van der Waals surface area contributed by atoms with Crippen molar-refractivity contribution in [3.05, 3.63) is 41.6 Å². The van der Waals surface area contributed by atoms with Crippen molar-refractivity contribution >= 4 is 21.6 Å². The van der Waals surface area contributed by atoms with E-state index in [1.54, 1.807) is 19.4 Å². The highest BCUT2D eigenvalue weighted by atomic mass is 35.5. The molecule has 0 aliphatic rings. The van der Waals surface area contributed by atoms with Crippen LogP contribution in [-0.2, 0) is 23.5 Å². The van der Waals surface area contributed by atoms with E-state index >= 15 is 0 Å². The molecule has 2 rings (SSSR count). The third-order valence-corrected chi connectivity index (χ3v) is 4.49. The second-order valence-corrected chi connectivity index (χ2v) is 5.99. The molecule has 102 valence electrons. The summed E-state index contributed by atoms with van der Waals surface area (Å²) in [5.41, 5.74) is 1.00. The summed E-state index contributed by atoms with van der Waals surface area (Å²) in [6.45, 7) is 0.277. The maximum absolute atomic E-state index is 12.0. The number of aromatic nitrogens is 3. The van der Waals surface area contributed by atoms with E-state index in [4.69, 9.17) is 11.6 Å². The van der Waals surface area contributed by atoms with Gasteiger partial charge >= 0.3 is 0 Å². The van der Waals surface area contributed by atoms with Crippen LogP contribution in [0.2, 0.25) is 5.15 Å². The minimum Gasteiger partial charge on any atom is -0.324 e. The largest absolute Gasteiger partial charge is 0.324 e. The van der Waals surface area contributed by atoms with Crippen molar-refractivity contribution in [1.29, 1.82) is 0 Å². The Hall–Kier alpha value is -1.44. The van der Waals surface area contributed by atoms with Gasteiger partial charge in [0.05, 0.1) is 6.33 Å². The third kappa shape index (κ3) is 3.31. The van der Waals surface area contributed by atoms with Gasteiger partial charge in [0, 0.05) is 26.0 Å². The highest BCUT2D eigenvalue weighted by Crippen LogP contribution is 2.18. The first-order valence-electron chi connectivity index (χ1n) is 5.56. The van der Waals surface area contributed by atoms with E-state index < -0.39 is 10.0 Å². The molecule has 0 atom stereocenters. The number of hydrogen-bond donors (Lipinski definition) is 1. The molecule has 2 aromatic rings. The molecule has 19 heavy (non-hydrogen) atoms. The molecule has 0 aromatic carbocycles. The van der Waals surface area contributed by atoms with Gasteiger partial charge in [0.1, 0.15) is 5.15 Å². The summed E-state index contributed by atoms with van der Waals surface area (Å²) in [7, 11) is -2.04. The molecule has 0 saturated carbocycles. The van der Waals surface area contributed by atoms with E-state index in [1.165, 1.54) is 10.9 Å². The van der Waals surface area contributed by atoms with Gasteiger partial charge in [0.15, 0.2) is 0 Å². The highest BCUT2D eigenvalue weighted by molar-refractivity contribution is 7.89. The molecule has 0 aliphatic carbocycles. The number of sulfonamides is 1. The minimum atomic E-state index is -3.67. The predicted molar refractivity (Wildman–Crippen MR) is 71.3 cm³/mol. The molecule has 0 radical (unpaired) electrons. The molecule has 2 aromatic heterocycles. The first-order valence-corrected chi connectivity index (χ1v) is 7.42. The van der Waals surface area contributed by atoms with Crippen LogP contribution in [0.1, 0.15) is 5.56 Å². The number of imidazole rings is 1. The van der Waals surface area contributed by atoms with Crippen LogP contribution in [-0.4, -0.2) is 29.5 Å². The molecule has 0 aliphatic heterocycles. The Morgan fingerprint density at radius 2 is 2.05 bits per heavy atom. The zero-order valence-electron chi connectivity index (χ0n) is 10.2. The van der Waals surface area contributed by atoms with E-state index in [2.05, 4.69) is 14.7 Å². The van der Waals surface area contributed by atoms with Gasteiger partial charge in [-0.15, -0.1) is 0 Å². The van der Waals surface area contributed by atoms with Gasteiger partial charge < -0.3 is 4.57 Å². The van der Waals surface area contributed by atoms with Crippen LogP contribution < -0.4 is 4.72 Å². The lowest BCUT2D eigenvalue weighted by atomic mass is 10.2. The van der Waals surface area contributed by atoms with Crippen LogP contribution >= 0.6 is 11.6 Å². The van der Waals surface area contributed by atoms with Crippen LogP contribution in [0.3, 0.4) is 0 Å². The molecule has 0 fully saturated rings. The average Bonchev–Trinajstić information content (AvgIpc) is 2.72. The van der Waals surface area contributed by atoms with Crippen LogP contribution in [0.15, 0.2) is 35.9 Å². The standard InChI is InChI=1S/C11H13ClN4O2S/c1-16-8-14-11(10(16)12)19(17,18)15-7-4-9-2-5-13-6-3-9/h2-3,5-6,8,15H,4,7H2,1H3. The Morgan fingerprint density at radius 3 is 2.63 bits per heavy atom. The Bertz CT molecular complexity index is 655. The Kier molecular flexibility index (Phi) is 4.18. The lowest BCUT2D eigenvalue weighted by molar-refractivity contribution is 0.578. The number of nitrogens with zero attached hydrogens (tertiary/aromatic N) is 3. The molecule has 6 nitrogen and oxygen atoms in total. The zero-order valence-corrected chi connectivity index (χ0v) is 11.8. The highest BCUT2D eigenvalue weighted by Gasteiger charge is 2.21. The van der Waals surface area contributed by atoms with Gasteiger partial charge in [-0.25, -0.2) is 18.1 Å². The maximum Gasteiger partial charge on any atom is 0.261 e. The van der Waals surface area contributed by atoms with E-state index in [0.29, 0.717) is 6.42 Å². The van der Waals surface area contributed by atoms with E-state index in [-0.39, 0.29) is 16.7 Å². The lowest BCUT2D eigenvalue weighted by Gasteiger charge is -2.05. The molecular formula is C11H13ClN4O2S. The Morgan fingerprint density at radius 1 is 1.37 bits per heavy atom. The predicted octanol–water partition coefficient (Wildman–Crippen LogP) is 0.989. The summed E-state index contributed by atoms with van der Waals surface area (Å²) in [4.78, 5) is 7.68. The van der Waals surface area contributed by atoms with E-state index in [9.17, 15) is 8.42 Å². The van der Waals surface area contributed by atoms with Crippen molar-refractivity contribution < 1.29 is 8.42 Å². The molecule has 0 bridgehead atoms. The van der Waals surface area contributed by atoms with E-state index in [0.717, 1.165) is 5.56 Å².